The van der Waals surface area contributed by atoms with Crippen LogP contribution in [0.4, 0.5) is 0 Å². The van der Waals surface area contributed by atoms with E-state index in [1.165, 1.54) is 4.68 Å². The standard InChI is InChI=1S/C14H24N4O3/c1-6-9(7-2)15-10(19)8-18-12(14(3,4)5)11(13(20)21)16-17-18/h9H,6-8H2,1-5H3,(H,15,19)(H,20,21). The molecule has 1 aromatic rings. The Morgan fingerprint density at radius 2 is 1.86 bits per heavy atom. The van der Waals surface area contributed by atoms with Crippen molar-refractivity contribution in [3.63, 3.8) is 0 Å². The Kier molecular flexibility index (Phi) is 5.46. The fourth-order valence-electron chi connectivity index (χ4n) is 2.21. The molecule has 0 atom stereocenters. The van der Waals surface area contributed by atoms with Gasteiger partial charge in [0.2, 0.25) is 5.91 Å². The first kappa shape index (κ1) is 17.1. The first-order chi connectivity index (χ1) is 9.70. The number of carboxylic acid groups (broad SMARTS) is 1. The van der Waals surface area contributed by atoms with Crippen LogP contribution in [0.1, 0.15) is 63.6 Å². The molecule has 21 heavy (non-hydrogen) atoms. The fourth-order valence-corrected chi connectivity index (χ4v) is 2.21. The predicted octanol–water partition coefficient (Wildman–Crippen LogP) is 1.58. The van der Waals surface area contributed by atoms with E-state index in [1.807, 2.05) is 34.6 Å². The van der Waals surface area contributed by atoms with Crippen LogP contribution in [0.25, 0.3) is 0 Å². The topological polar surface area (TPSA) is 97.1 Å². The van der Waals surface area contributed by atoms with Crippen LogP contribution < -0.4 is 5.32 Å². The molecular formula is C14H24N4O3. The summed E-state index contributed by atoms with van der Waals surface area (Å²) in [6, 6.07) is 0.123. The van der Waals surface area contributed by atoms with E-state index in [0.29, 0.717) is 5.69 Å². The summed E-state index contributed by atoms with van der Waals surface area (Å²) in [5.74, 6) is -1.32. The molecule has 2 N–H and O–H groups in total. The van der Waals surface area contributed by atoms with Crippen LogP contribution in [0, 0.1) is 0 Å². The first-order valence-electron chi connectivity index (χ1n) is 7.17. The molecule has 0 fully saturated rings. The molecule has 0 spiro atoms. The van der Waals surface area contributed by atoms with Crippen molar-refractivity contribution < 1.29 is 14.7 Å². The van der Waals surface area contributed by atoms with Crippen molar-refractivity contribution in [2.24, 2.45) is 0 Å². The molecule has 118 valence electrons. The van der Waals surface area contributed by atoms with Crippen molar-refractivity contribution in [3.05, 3.63) is 11.4 Å². The lowest BCUT2D eigenvalue weighted by Crippen LogP contribution is -2.37. The molecule has 1 rings (SSSR count). The lowest BCUT2D eigenvalue weighted by molar-refractivity contribution is -0.122. The van der Waals surface area contributed by atoms with E-state index in [1.54, 1.807) is 0 Å². The van der Waals surface area contributed by atoms with Gasteiger partial charge in [0, 0.05) is 11.5 Å². The average Bonchev–Trinajstić information content (AvgIpc) is 2.79. The smallest absolute Gasteiger partial charge is 0.358 e. The molecule has 7 nitrogen and oxygen atoms in total. The number of carbonyl (C=O) groups is 2. The van der Waals surface area contributed by atoms with E-state index in [9.17, 15) is 14.7 Å². The Morgan fingerprint density at radius 1 is 1.29 bits per heavy atom. The van der Waals surface area contributed by atoms with Gasteiger partial charge in [-0.3, -0.25) is 4.79 Å². The van der Waals surface area contributed by atoms with Crippen molar-refractivity contribution in [2.75, 3.05) is 0 Å². The highest BCUT2D eigenvalue weighted by atomic mass is 16.4. The maximum atomic E-state index is 12.1. The molecule has 0 bridgehead atoms. The third-order valence-corrected chi connectivity index (χ3v) is 3.29. The number of nitrogens with zero attached hydrogens (tertiary/aromatic N) is 3. The number of aromatic nitrogens is 3. The van der Waals surface area contributed by atoms with Gasteiger partial charge in [0.05, 0.1) is 5.69 Å². The Morgan fingerprint density at radius 3 is 2.29 bits per heavy atom. The Hall–Kier alpha value is -1.92. The zero-order valence-corrected chi connectivity index (χ0v) is 13.3. The van der Waals surface area contributed by atoms with E-state index >= 15 is 0 Å². The summed E-state index contributed by atoms with van der Waals surface area (Å²) >= 11 is 0. The minimum atomic E-state index is -1.13. The van der Waals surface area contributed by atoms with Gasteiger partial charge in [-0.25, -0.2) is 9.48 Å². The van der Waals surface area contributed by atoms with Crippen LogP contribution in [0.5, 0.6) is 0 Å². The average molecular weight is 296 g/mol. The first-order valence-corrected chi connectivity index (χ1v) is 7.17. The number of carboxylic acids is 1. The molecule has 1 amide bonds. The lowest BCUT2D eigenvalue weighted by Gasteiger charge is -2.21. The van der Waals surface area contributed by atoms with Gasteiger partial charge in [-0.2, -0.15) is 0 Å². The molecule has 0 aromatic carbocycles. The molecule has 0 aliphatic heterocycles. The van der Waals surface area contributed by atoms with E-state index in [2.05, 4.69) is 15.6 Å². The van der Waals surface area contributed by atoms with Crippen LogP contribution in [0.3, 0.4) is 0 Å². The van der Waals surface area contributed by atoms with Crippen molar-refractivity contribution in [1.29, 1.82) is 0 Å². The van der Waals surface area contributed by atoms with Gasteiger partial charge < -0.3 is 10.4 Å². The van der Waals surface area contributed by atoms with Crippen LogP contribution in [-0.4, -0.2) is 38.0 Å². The SMILES string of the molecule is CCC(CC)NC(=O)Cn1nnc(C(=O)O)c1C(C)(C)C. The number of hydrogen-bond donors (Lipinski definition) is 2. The molecule has 1 heterocycles. The molecule has 0 unspecified atom stereocenters. The molecule has 0 saturated heterocycles. The highest BCUT2D eigenvalue weighted by molar-refractivity contribution is 5.87. The highest BCUT2D eigenvalue weighted by Crippen LogP contribution is 2.24. The Balaban J connectivity index is 2.99. The van der Waals surface area contributed by atoms with E-state index in [0.717, 1.165) is 12.8 Å². The second kappa shape index (κ2) is 6.69. The number of nitrogens with one attached hydrogen (secondary N) is 1. The van der Waals surface area contributed by atoms with E-state index in [-0.39, 0.29) is 24.2 Å². The highest BCUT2D eigenvalue weighted by Gasteiger charge is 2.29. The molecule has 7 heteroatoms. The molecule has 0 aliphatic rings. The predicted molar refractivity (Wildman–Crippen MR) is 78.2 cm³/mol. The van der Waals surface area contributed by atoms with Crippen LogP contribution in [0.2, 0.25) is 0 Å². The summed E-state index contributed by atoms with van der Waals surface area (Å²) in [6.07, 6.45) is 1.71. The van der Waals surface area contributed by atoms with E-state index < -0.39 is 11.4 Å². The fraction of sp³-hybridized carbons (Fsp3) is 0.714. The third kappa shape index (κ3) is 4.27. The summed E-state index contributed by atoms with van der Waals surface area (Å²) in [5, 5.41) is 19.6. The molecule has 0 radical (unpaired) electrons. The van der Waals surface area contributed by atoms with Gasteiger partial charge in [-0.1, -0.05) is 39.8 Å². The largest absolute Gasteiger partial charge is 0.476 e. The van der Waals surface area contributed by atoms with Crippen LogP contribution in [0.15, 0.2) is 0 Å². The Labute approximate surface area is 124 Å². The zero-order chi connectivity index (χ0) is 16.2. The molecule has 1 aromatic heterocycles. The van der Waals surface area contributed by atoms with E-state index in [4.69, 9.17) is 0 Å². The zero-order valence-electron chi connectivity index (χ0n) is 13.3. The van der Waals surface area contributed by atoms with Crippen molar-refractivity contribution >= 4 is 11.9 Å². The number of hydrogen-bond acceptors (Lipinski definition) is 4. The molecular weight excluding hydrogens is 272 g/mol. The summed E-state index contributed by atoms with van der Waals surface area (Å²) in [7, 11) is 0. The number of carbonyl (C=O) groups excluding carboxylic acids is 1. The quantitative estimate of drug-likeness (QED) is 0.830. The second-order valence-electron chi connectivity index (χ2n) is 6.08. The van der Waals surface area contributed by atoms with Gasteiger partial charge in [0.1, 0.15) is 6.54 Å². The molecule has 0 saturated carbocycles. The van der Waals surface area contributed by atoms with Crippen molar-refractivity contribution in [2.45, 2.75) is 65.5 Å². The molecule has 0 aliphatic carbocycles. The summed E-state index contributed by atoms with van der Waals surface area (Å²) in [6.45, 7) is 9.59. The van der Waals surface area contributed by atoms with Crippen molar-refractivity contribution in [3.8, 4) is 0 Å². The number of rotatable bonds is 6. The normalized spacial score (nSPS) is 11.7. The van der Waals surface area contributed by atoms with Gasteiger partial charge in [-0.05, 0) is 12.8 Å². The van der Waals surface area contributed by atoms with Crippen LogP contribution in [-0.2, 0) is 16.8 Å². The maximum Gasteiger partial charge on any atom is 0.358 e. The van der Waals surface area contributed by atoms with Crippen molar-refractivity contribution in [1.82, 2.24) is 20.3 Å². The number of amides is 1. The lowest BCUT2D eigenvalue weighted by atomic mass is 9.90. The van der Waals surface area contributed by atoms with Gasteiger partial charge in [0.25, 0.3) is 0 Å². The summed E-state index contributed by atoms with van der Waals surface area (Å²) < 4.78 is 1.38. The summed E-state index contributed by atoms with van der Waals surface area (Å²) in [5.41, 5.74) is -0.112. The minimum absolute atomic E-state index is 0.0244. The third-order valence-electron chi connectivity index (χ3n) is 3.29. The minimum Gasteiger partial charge on any atom is -0.476 e. The maximum absolute atomic E-state index is 12.1. The van der Waals surface area contributed by atoms with Crippen LogP contribution >= 0.6 is 0 Å². The second-order valence-corrected chi connectivity index (χ2v) is 6.08. The monoisotopic (exact) mass is 296 g/mol. The summed E-state index contributed by atoms with van der Waals surface area (Å²) in [4.78, 5) is 23.3. The Bertz CT molecular complexity index is 513. The van der Waals surface area contributed by atoms with Gasteiger partial charge in [-0.15, -0.1) is 5.10 Å². The van der Waals surface area contributed by atoms with Gasteiger partial charge in [0.15, 0.2) is 5.69 Å². The van der Waals surface area contributed by atoms with Gasteiger partial charge >= 0.3 is 5.97 Å². The number of aromatic carboxylic acids is 1.